The van der Waals surface area contributed by atoms with E-state index in [4.69, 9.17) is 4.52 Å². The molecule has 8 heteroatoms. The molecule has 1 aliphatic rings. The average Bonchev–Trinajstić information content (AvgIpc) is 3.18. The Morgan fingerprint density at radius 1 is 1.36 bits per heavy atom. The highest BCUT2D eigenvalue weighted by Crippen LogP contribution is 2.21. The molecule has 22 heavy (non-hydrogen) atoms. The van der Waals surface area contributed by atoms with Crippen molar-refractivity contribution in [2.75, 3.05) is 40.3 Å². The van der Waals surface area contributed by atoms with Gasteiger partial charge in [-0.05, 0) is 11.4 Å². The fourth-order valence-electron chi connectivity index (χ4n) is 2.40. The van der Waals surface area contributed by atoms with E-state index in [1.54, 1.807) is 30.3 Å². The summed E-state index contributed by atoms with van der Waals surface area (Å²) in [6.45, 7) is 3.71. The smallest absolute Gasteiger partial charge is 0.319 e. The van der Waals surface area contributed by atoms with Crippen molar-refractivity contribution in [1.29, 1.82) is 0 Å². The first kappa shape index (κ1) is 15.0. The second-order valence-corrected chi connectivity index (χ2v) is 6.38. The van der Waals surface area contributed by atoms with Crippen LogP contribution in [0.1, 0.15) is 5.89 Å². The largest absolute Gasteiger partial charge is 0.338 e. The fourth-order valence-corrected chi connectivity index (χ4v) is 3.05. The first-order chi connectivity index (χ1) is 10.6. The summed E-state index contributed by atoms with van der Waals surface area (Å²) in [7, 11) is 3.55. The molecule has 0 spiro atoms. The number of hydrogen-bond donors (Lipinski definition) is 0. The van der Waals surface area contributed by atoms with Crippen LogP contribution in [0.2, 0.25) is 0 Å². The van der Waals surface area contributed by atoms with Crippen LogP contribution in [0.25, 0.3) is 10.7 Å². The molecule has 1 saturated heterocycles. The molecule has 3 rings (SSSR count). The highest BCUT2D eigenvalue weighted by atomic mass is 32.1. The van der Waals surface area contributed by atoms with Gasteiger partial charge in [0, 0.05) is 40.3 Å². The number of carbonyl (C=O) groups excluding carboxylic acids is 1. The van der Waals surface area contributed by atoms with Gasteiger partial charge in [0.15, 0.2) is 0 Å². The van der Waals surface area contributed by atoms with E-state index in [9.17, 15) is 4.79 Å². The first-order valence-electron chi connectivity index (χ1n) is 7.18. The summed E-state index contributed by atoms with van der Waals surface area (Å²) in [5.74, 6) is 1.27. The highest BCUT2D eigenvalue weighted by molar-refractivity contribution is 7.13. The number of carbonyl (C=O) groups is 1. The molecule has 0 saturated carbocycles. The van der Waals surface area contributed by atoms with E-state index < -0.39 is 0 Å². The maximum absolute atomic E-state index is 11.9. The summed E-state index contributed by atoms with van der Waals surface area (Å²) < 4.78 is 5.32. The first-order valence-corrected chi connectivity index (χ1v) is 8.06. The number of urea groups is 1. The molecule has 0 aromatic carbocycles. The van der Waals surface area contributed by atoms with Crippen LogP contribution >= 0.6 is 11.3 Å². The van der Waals surface area contributed by atoms with Crippen molar-refractivity contribution in [2.45, 2.75) is 6.54 Å². The Labute approximate surface area is 133 Å². The van der Waals surface area contributed by atoms with Crippen LogP contribution in [0.3, 0.4) is 0 Å². The zero-order chi connectivity index (χ0) is 15.5. The van der Waals surface area contributed by atoms with Gasteiger partial charge < -0.3 is 14.3 Å². The number of rotatable bonds is 3. The number of nitrogens with zero attached hydrogens (tertiary/aromatic N) is 5. The van der Waals surface area contributed by atoms with Gasteiger partial charge in [-0.3, -0.25) is 4.90 Å². The Morgan fingerprint density at radius 2 is 2.14 bits per heavy atom. The molecule has 0 aliphatic carbocycles. The Bertz CT molecular complexity index is 617. The number of hydrogen-bond acceptors (Lipinski definition) is 6. The van der Waals surface area contributed by atoms with Gasteiger partial charge in [0.1, 0.15) is 0 Å². The minimum atomic E-state index is 0.0671. The van der Waals surface area contributed by atoms with Crippen molar-refractivity contribution < 1.29 is 9.32 Å². The van der Waals surface area contributed by atoms with Gasteiger partial charge in [0.2, 0.25) is 11.7 Å². The van der Waals surface area contributed by atoms with Crippen LogP contribution in [0.15, 0.2) is 22.0 Å². The van der Waals surface area contributed by atoms with Crippen LogP contribution < -0.4 is 0 Å². The third-order valence-electron chi connectivity index (χ3n) is 3.59. The number of aromatic nitrogens is 2. The summed E-state index contributed by atoms with van der Waals surface area (Å²) in [4.78, 5) is 23.0. The molecule has 1 fully saturated rings. The van der Waals surface area contributed by atoms with E-state index in [2.05, 4.69) is 15.0 Å². The monoisotopic (exact) mass is 321 g/mol. The lowest BCUT2D eigenvalue weighted by Crippen LogP contribution is -2.51. The van der Waals surface area contributed by atoms with E-state index in [0.717, 1.165) is 31.1 Å². The summed E-state index contributed by atoms with van der Waals surface area (Å²) in [5.41, 5.74) is 0. The van der Waals surface area contributed by atoms with Crippen molar-refractivity contribution in [3.8, 4) is 10.7 Å². The van der Waals surface area contributed by atoms with Crippen LogP contribution in [0.5, 0.6) is 0 Å². The second kappa shape index (κ2) is 6.45. The molecular weight excluding hydrogens is 302 g/mol. The lowest BCUT2D eigenvalue weighted by molar-refractivity contribution is 0.113. The average molecular weight is 321 g/mol. The van der Waals surface area contributed by atoms with E-state index in [0.29, 0.717) is 18.3 Å². The van der Waals surface area contributed by atoms with Gasteiger partial charge in [0.25, 0.3) is 0 Å². The van der Waals surface area contributed by atoms with Crippen LogP contribution in [0.4, 0.5) is 4.79 Å². The van der Waals surface area contributed by atoms with Crippen LogP contribution in [-0.4, -0.2) is 71.1 Å². The Morgan fingerprint density at radius 3 is 2.77 bits per heavy atom. The molecule has 0 bridgehead atoms. The fraction of sp³-hybridized carbons (Fsp3) is 0.500. The van der Waals surface area contributed by atoms with E-state index in [-0.39, 0.29) is 6.03 Å². The molecule has 2 aromatic heterocycles. The third-order valence-corrected chi connectivity index (χ3v) is 4.46. The maximum atomic E-state index is 11.9. The standard InChI is InChI=1S/C14H19N5O2S/c1-17(2)14(20)19-7-5-18(6-8-19)10-12-15-13(16-21-12)11-4-3-9-22-11/h3-4,9H,5-8,10H2,1-2H3. The van der Waals surface area contributed by atoms with Crippen LogP contribution in [-0.2, 0) is 6.54 Å². The molecule has 118 valence electrons. The van der Waals surface area contributed by atoms with Gasteiger partial charge in [0.05, 0.1) is 11.4 Å². The minimum absolute atomic E-state index is 0.0671. The van der Waals surface area contributed by atoms with Crippen molar-refractivity contribution >= 4 is 17.4 Å². The summed E-state index contributed by atoms with van der Waals surface area (Å²) in [6.07, 6.45) is 0. The normalized spacial score (nSPS) is 16.0. The summed E-state index contributed by atoms with van der Waals surface area (Å²) in [5, 5.41) is 6.01. The molecule has 2 amide bonds. The van der Waals surface area contributed by atoms with Crippen LogP contribution in [0, 0.1) is 0 Å². The Balaban J connectivity index is 1.54. The van der Waals surface area contributed by atoms with Crippen molar-refractivity contribution in [1.82, 2.24) is 24.8 Å². The predicted molar refractivity (Wildman–Crippen MR) is 83.5 cm³/mol. The molecule has 0 radical (unpaired) electrons. The molecule has 2 aromatic rings. The van der Waals surface area contributed by atoms with Gasteiger partial charge in [-0.15, -0.1) is 11.3 Å². The van der Waals surface area contributed by atoms with E-state index >= 15 is 0 Å². The lowest BCUT2D eigenvalue weighted by atomic mass is 10.3. The molecule has 1 aliphatic heterocycles. The van der Waals surface area contributed by atoms with Crippen molar-refractivity contribution in [2.24, 2.45) is 0 Å². The Hall–Kier alpha value is -1.93. The SMILES string of the molecule is CN(C)C(=O)N1CCN(Cc2nc(-c3cccs3)no2)CC1. The molecule has 3 heterocycles. The van der Waals surface area contributed by atoms with E-state index in [1.165, 1.54) is 0 Å². The quantitative estimate of drug-likeness (QED) is 0.859. The second-order valence-electron chi connectivity index (χ2n) is 5.43. The van der Waals surface area contributed by atoms with Gasteiger partial charge in [-0.25, -0.2) is 4.79 Å². The Kier molecular flexibility index (Phi) is 4.39. The maximum Gasteiger partial charge on any atom is 0.319 e. The zero-order valence-corrected chi connectivity index (χ0v) is 13.5. The van der Waals surface area contributed by atoms with E-state index in [1.807, 2.05) is 22.4 Å². The highest BCUT2D eigenvalue weighted by Gasteiger charge is 2.23. The number of amides is 2. The molecular formula is C14H19N5O2S. The van der Waals surface area contributed by atoms with Gasteiger partial charge in [-0.1, -0.05) is 11.2 Å². The molecule has 7 nitrogen and oxygen atoms in total. The molecule has 0 N–H and O–H groups in total. The predicted octanol–water partition coefficient (Wildman–Crippen LogP) is 1.60. The third kappa shape index (κ3) is 3.28. The van der Waals surface area contributed by atoms with Crippen molar-refractivity contribution in [3.63, 3.8) is 0 Å². The van der Waals surface area contributed by atoms with Crippen molar-refractivity contribution in [3.05, 3.63) is 23.4 Å². The number of thiophene rings is 1. The van der Waals surface area contributed by atoms with Gasteiger partial charge in [-0.2, -0.15) is 4.98 Å². The van der Waals surface area contributed by atoms with Gasteiger partial charge >= 0.3 is 6.03 Å². The minimum Gasteiger partial charge on any atom is -0.338 e. The summed E-state index contributed by atoms with van der Waals surface area (Å²) in [6, 6.07) is 4.01. The lowest BCUT2D eigenvalue weighted by Gasteiger charge is -2.35. The summed E-state index contributed by atoms with van der Waals surface area (Å²) >= 11 is 1.59. The number of piperazine rings is 1. The molecule has 0 atom stereocenters. The zero-order valence-electron chi connectivity index (χ0n) is 12.7. The molecule has 0 unspecified atom stereocenters. The topological polar surface area (TPSA) is 65.7 Å².